The van der Waals surface area contributed by atoms with Crippen molar-refractivity contribution in [3.05, 3.63) is 60.3 Å². The van der Waals surface area contributed by atoms with Crippen LogP contribution in [0.2, 0.25) is 0 Å². The second kappa shape index (κ2) is 7.48. The molecular formula is C21H20FN5O2. The van der Waals surface area contributed by atoms with E-state index in [4.69, 9.17) is 15.2 Å². The zero-order valence-electron chi connectivity index (χ0n) is 16.3. The maximum Gasteiger partial charge on any atom is 0.319 e. The quantitative estimate of drug-likeness (QED) is 0.557. The molecule has 0 spiro atoms. The molecule has 8 heteroatoms. The van der Waals surface area contributed by atoms with Crippen molar-refractivity contribution >= 4 is 11.0 Å². The number of rotatable bonds is 5. The Morgan fingerprint density at radius 1 is 1.03 bits per heavy atom. The fourth-order valence-electron chi connectivity index (χ4n) is 3.18. The number of halogens is 1. The lowest BCUT2D eigenvalue weighted by Crippen LogP contribution is -2.04. The maximum atomic E-state index is 14.7. The number of nitrogens with two attached hydrogens (primary N) is 1. The molecule has 148 valence electrons. The lowest BCUT2D eigenvalue weighted by atomic mass is 10.1. The van der Waals surface area contributed by atoms with Gasteiger partial charge in [-0.2, -0.15) is 4.98 Å². The number of nitrogens with zero attached hydrogens (tertiary/aromatic N) is 4. The van der Waals surface area contributed by atoms with Crippen molar-refractivity contribution < 1.29 is 13.9 Å². The smallest absolute Gasteiger partial charge is 0.319 e. The van der Waals surface area contributed by atoms with Crippen LogP contribution in [0.15, 0.2) is 48.9 Å². The minimum Gasteiger partial charge on any atom is -0.480 e. The van der Waals surface area contributed by atoms with Crippen LogP contribution in [0.4, 0.5) is 4.39 Å². The molecule has 0 amide bonds. The first-order chi connectivity index (χ1) is 14.0. The van der Waals surface area contributed by atoms with Gasteiger partial charge in [-0.05, 0) is 42.8 Å². The molecule has 0 saturated carbocycles. The van der Waals surface area contributed by atoms with E-state index in [0.29, 0.717) is 11.1 Å². The number of methoxy groups -OCH3 is 2. The lowest BCUT2D eigenvalue weighted by molar-refractivity contribution is 0.353. The summed E-state index contributed by atoms with van der Waals surface area (Å²) in [6.07, 6.45) is 3.18. The number of aromatic nitrogens is 4. The van der Waals surface area contributed by atoms with E-state index in [0.717, 1.165) is 22.3 Å². The van der Waals surface area contributed by atoms with Gasteiger partial charge >= 0.3 is 6.01 Å². The molecule has 0 bridgehead atoms. The van der Waals surface area contributed by atoms with E-state index in [1.807, 2.05) is 29.7 Å². The van der Waals surface area contributed by atoms with E-state index in [1.54, 1.807) is 18.5 Å². The summed E-state index contributed by atoms with van der Waals surface area (Å²) in [4.78, 5) is 12.7. The van der Waals surface area contributed by atoms with Gasteiger partial charge in [-0.25, -0.2) is 14.4 Å². The highest BCUT2D eigenvalue weighted by Crippen LogP contribution is 2.33. The zero-order chi connectivity index (χ0) is 20.5. The van der Waals surface area contributed by atoms with Crippen molar-refractivity contribution in [2.45, 2.75) is 13.0 Å². The molecule has 2 heterocycles. The van der Waals surface area contributed by atoms with Crippen LogP contribution in [-0.2, 0) is 0 Å². The van der Waals surface area contributed by atoms with E-state index in [9.17, 15) is 4.39 Å². The van der Waals surface area contributed by atoms with Crippen LogP contribution in [0.5, 0.6) is 11.9 Å². The van der Waals surface area contributed by atoms with Crippen LogP contribution in [0.1, 0.15) is 18.5 Å². The Labute approximate surface area is 166 Å². The molecule has 7 nitrogen and oxygen atoms in total. The Kier molecular flexibility index (Phi) is 4.85. The molecule has 4 rings (SSSR count). The Balaban J connectivity index is 1.83. The third-order valence-electron chi connectivity index (χ3n) is 4.72. The summed E-state index contributed by atoms with van der Waals surface area (Å²) in [5, 5.41) is 0. The standard InChI is InChI=1S/C21H20FN5O2/c1-12(23)13-4-7-19-18(8-13)25-11-27(19)14-5-6-17(22)15(9-14)16-10-24-21(29-3)26-20(16)28-2/h4-12H,23H2,1-3H3. The van der Waals surface area contributed by atoms with Gasteiger partial charge in [-0.1, -0.05) is 6.07 Å². The number of ether oxygens (including phenoxy) is 2. The highest BCUT2D eigenvalue weighted by molar-refractivity contribution is 5.79. The van der Waals surface area contributed by atoms with Crippen molar-refractivity contribution in [1.82, 2.24) is 19.5 Å². The highest BCUT2D eigenvalue weighted by atomic mass is 19.1. The van der Waals surface area contributed by atoms with Crippen molar-refractivity contribution in [3.63, 3.8) is 0 Å². The van der Waals surface area contributed by atoms with Gasteiger partial charge in [-0.15, -0.1) is 0 Å². The predicted molar refractivity (Wildman–Crippen MR) is 108 cm³/mol. The molecular weight excluding hydrogens is 373 g/mol. The maximum absolute atomic E-state index is 14.7. The van der Waals surface area contributed by atoms with Crippen LogP contribution in [-0.4, -0.2) is 33.7 Å². The van der Waals surface area contributed by atoms with Gasteiger partial charge in [0.05, 0.1) is 30.8 Å². The number of hydrogen-bond acceptors (Lipinski definition) is 6. The fourth-order valence-corrected chi connectivity index (χ4v) is 3.18. The largest absolute Gasteiger partial charge is 0.480 e. The fraction of sp³-hybridized carbons (Fsp3) is 0.190. The average Bonchev–Trinajstić information content (AvgIpc) is 3.17. The summed E-state index contributed by atoms with van der Waals surface area (Å²) in [7, 11) is 2.92. The zero-order valence-corrected chi connectivity index (χ0v) is 16.3. The van der Waals surface area contributed by atoms with Gasteiger partial charge < -0.3 is 15.2 Å². The van der Waals surface area contributed by atoms with E-state index in [1.165, 1.54) is 26.5 Å². The normalized spacial score (nSPS) is 12.2. The highest BCUT2D eigenvalue weighted by Gasteiger charge is 2.16. The molecule has 2 N–H and O–H groups in total. The van der Waals surface area contributed by atoms with Gasteiger partial charge in [0.1, 0.15) is 12.1 Å². The number of fused-ring (bicyclic) bond motifs is 1. The van der Waals surface area contributed by atoms with Crippen molar-refractivity contribution in [2.24, 2.45) is 5.73 Å². The van der Waals surface area contributed by atoms with E-state index in [2.05, 4.69) is 15.0 Å². The van der Waals surface area contributed by atoms with Crippen molar-refractivity contribution in [1.29, 1.82) is 0 Å². The monoisotopic (exact) mass is 393 g/mol. The summed E-state index contributed by atoms with van der Waals surface area (Å²) < 4.78 is 26.9. The molecule has 0 saturated heterocycles. The Morgan fingerprint density at radius 2 is 1.86 bits per heavy atom. The van der Waals surface area contributed by atoms with Gasteiger partial charge in [0.25, 0.3) is 0 Å². The average molecular weight is 393 g/mol. The summed E-state index contributed by atoms with van der Waals surface area (Å²) in [5.74, 6) is -0.186. The first-order valence-corrected chi connectivity index (χ1v) is 8.99. The molecule has 0 radical (unpaired) electrons. The summed E-state index contributed by atoms with van der Waals surface area (Å²) in [5.41, 5.74) is 10.2. The summed E-state index contributed by atoms with van der Waals surface area (Å²) >= 11 is 0. The van der Waals surface area contributed by atoms with E-state index < -0.39 is 5.82 Å². The molecule has 2 aromatic heterocycles. The second-order valence-electron chi connectivity index (χ2n) is 6.60. The molecule has 2 aromatic carbocycles. The minimum atomic E-state index is -0.413. The van der Waals surface area contributed by atoms with Gasteiger partial charge in [0.15, 0.2) is 0 Å². The number of benzene rings is 2. The van der Waals surface area contributed by atoms with Crippen LogP contribution in [0.3, 0.4) is 0 Å². The van der Waals surface area contributed by atoms with Crippen LogP contribution >= 0.6 is 0 Å². The number of hydrogen-bond donors (Lipinski definition) is 1. The Morgan fingerprint density at radius 3 is 2.59 bits per heavy atom. The Bertz CT molecular complexity index is 1190. The molecule has 0 aliphatic carbocycles. The predicted octanol–water partition coefficient (Wildman–Crippen LogP) is 3.66. The SMILES string of the molecule is COc1ncc(-c2cc(-n3cnc4cc(C(C)N)ccc43)ccc2F)c(OC)n1. The van der Waals surface area contributed by atoms with Crippen molar-refractivity contribution in [3.8, 4) is 28.7 Å². The molecule has 0 fully saturated rings. The lowest BCUT2D eigenvalue weighted by Gasteiger charge is -2.12. The first kappa shape index (κ1) is 18.8. The second-order valence-corrected chi connectivity index (χ2v) is 6.60. The molecule has 29 heavy (non-hydrogen) atoms. The third-order valence-corrected chi connectivity index (χ3v) is 4.72. The molecule has 1 atom stereocenters. The third kappa shape index (κ3) is 3.38. The Hall–Kier alpha value is -3.52. The molecule has 0 aliphatic heterocycles. The van der Waals surface area contributed by atoms with Gasteiger partial charge in [0.2, 0.25) is 5.88 Å². The summed E-state index contributed by atoms with van der Waals surface area (Å²) in [6.45, 7) is 1.93. The van der Waals surface area contributed by atoms with Crippen molar-refractivity contribution in [2.75, 3.05) is 14.2 Å². The van der Waals surface area contributed by atoms with E-state index in [-0.39, 0.29) is 17.9 Å². The molecule has 4 aromatic rings. The van der Waals surface area contributed by atoms with E-state index >= 15 is 0 Å². The topological polar surface area (TPSA) is 88.1 Å². The molecule has 0 aliphatic rings. The van der Waals surface area contributed by atoms with Crippen LogP contribution < -0.4 is 15.2 Å². The van der Waals surface area contributed by atoms with Gasteiger partial charge in [-0.3, -0.25) is 4.57 Å². The minimum absolute atomic E-state index is 0.0792. The van der Waals surface area contributed by atoms with Gasteiger partial charge in [0, 0.05) is 23.5 Å². The van der Waals surface area contributed by atoms with Crippen LogP contribution in [0.25, 0.3) is 27.8 Å². The molecule has 1 unspecified atom stereocenters. The number of imidazole rings is 1. The summed E-state index contributed by atoms with van der Waals surface area (Å²) in [6, 6.07) is 10.8. The first-order valence-electron chi connectivity index (χ1n) is 8.99. The van der Waals surface area contributed by atoms with Crippen LogP contribution in [0, 0.1) is 5.82 Å².